The van der Waals surface area contributed by atoms with Gasteiger partial charge in [-0.25, -0.2) is 4.90 Å². The average Bonchev–Trinajstić information content (AvgIpc) is 3.17. The number of non-ortho nitro benzene ring substituents is 1. The number of aromatic nitrogens is 1. The Bertz CT molecular complexity index is 1200. The van der Waals surface area contributed by atoms with Crippen LogP contribution in [-0.4, -0.2) is 39.1 Å². The second-order valence-corrected chi connectivity index (χ2v) is 10.0. The molecule has 2 amide bonds. The lowest BCUT2D eigenvalue weighted by atomic mass is 9.76. The van der Waals surface area contributed by atoms with Crippen molar-refractivity contribution in [1.82, 2.24) is 4.57 Å². The van der Waals surface area contributed by atoms with E-state index in [0.29, 0.717) is 9.90 Å². The van der Waals surface area contributed by atoms with Crippen molar-refractivity contribution >= 4 is 52.3 Å². The molecule has 2 aliphatic rings. The van der Waals surface area contributed by atoms with E-state index >= 15 is 0 Å². The summed E-state index contributed by atoms with van der Waals surface area (Å²) in [6, 6.07) is 5.22. The summed E-state index contributed by atoms with van der Waals surface area (Å²) in [5.74, 6) is -2.16. The van der Waals surface area contributed by atoms with Gasteiger partial charge in [0.2, 0.25) is 11.8 Å². The van der Waals surface area contributed by atoms with E-state index in [-0.39, 0.29) is 29.4 Å². The van der Waals surface area contributed by atoms with Gasteiger partial charge in [0.05, 0.1) is 28.2 Å². The number of imide groups is 1. The molecule has 1 saturated heterocycles. The number of carbonyl (C=O) groups is 3. The van der Waals surface area contributed by atoms with E-state index in [1.54, 1.807) is 20.8 Å². The zero-order valence-corrected chi connectivity index (χ0v) is 19.0. The van der Waals surface area contributed by atoms with Crippen LogP contribution in [0.25, 0.3) is 0 Å². The number of nitro groups is 1. The summed E-state index contributed by atoms with van der Waals surface area (Å²) >= 11 is 2.06. The summed E-state index contributed by atoms with van der Waals surface area (Å²) in [7, 11) is 0. The Morgan fingerprint density at radius 3 is 2.44 bits per heavy atom. The van der Waals surface area contributed by atoms with Gasteiger partial charge in [0.1, 0.15) is 11.8 Å². The van der Waals surface area contributed by atoms with Crippen LogP contribution in [0.1, 0.15) is 25.6 Å². The van der Waals surface area contributed by atoms with E-state index in [1.807, 2.05) is 0 Å². The lowest BCUT2D eigenvalue weighted by Crippen LogP contribution is -2.41. The lowest BCUT2D eigenvalue weighted by Gasteiger charge is -2.36. The van der Waals surface area contributed by atoms with Crippen molar-refractivity contribution in [3.05, 3.63) is 48.9 Å². The van der Waals surface area contributed by atoms with Gasteiger partial charge < -0.3 is 4.74 Å². The van der Waals surface area contributed by atoms with Crippen LogP contribution in [0.3, 0.4) is 0 Å². The van der Waals surface area contributed by atoms with E-state index in [9.17, 15) is 29.3 Å². The van der Waals surface area contributed by atoms with Crippen LogP contribution in [0.4, 0.5) is 11.4 Å². The third-order valence-electron chi connectivity index (χ3n) is 5.61. The van der Waals surface area contributed by atoms with Gasteiger partial charge >= 0.3 is 10.8 Å². The van der Waals surface area contributed by atoms with Crippen LogP contribution in [0.15, 0.2) is 34.1 Å². The van der Waals surface area contributed by atoms with Gasteiger partial charge in [0.25, 0.3) is 5.69 Å². The molecule has 1 fully saturated rings. The Hall–Kier alpha value is -2.99. The second-order valence-electron chi connectivity index (χ2n) is 7.92. The Balaban J connectivity index is 1.73. The fourth-order valence-corrected chi connectivity index (χ4v) is 7.12. The van der Waals surface area contributed by atoms with Gasteiger partial charge in [-0.2, -0.15) is 0 Å². The molecule has 2 aliphatic heterocycles. The largest absolute Gasteiger partial charge is 0.465 e. The van der Waals surface area contributed by atoms with Crippen molar-refractivity contribution < 1.29 is 24.0 Å². The van der Waals surface area contributed by atoms with Gasteiger partial charge in [-0.1, -0.05) is 36.9 Å². The van der Waals surface area contributed by atoms with Gasteiger partial charge in [-0.05, 0) is 19.1 Å². The normalized spacial score (nSPS) is 21.3. The van der Waals surface area contributed by atoms with Gasteiger partial charge in [0, 0.05) is 22.4 Å². The fraction of sp³-hybridized carbons (Fsp3) is 0.400. The predicted molar refractivity (Wildman–Crippen MR) is 117 cm³/mol. The number of nitro benzene ring substituents is 1. The standard InChI is InChI=1S/C20H19N3O7S2/c1-4-30-12(24)9-21-18-15(32-19(21)27)20(2,3)13-14(31-18)17(26)22(16(13)25)10-5-7-11(8-6-10)23(28)29/h5-8,13-14H,4,9H2,1-3H3/t13-,14+/m1/s1. The molecule has 0 bridgehead atoms. The van der Waals surface area contributed by atoms with E-state index < -0.39 is 39.3 Å². The maximum absolute atomic E-state index is 13.4. The van der Waals surface area contributed by atoms with Crippen LogP contribution in [-0.2, 0) is 31.1 Å². The number of ether oxygens (including phenoxy) is 1. The SMILES string of the molecule is CCOC(=O)Cn1c2c(sc1=O)C(C)(C)[C@H]1C(=O)N(c3ccc([N+](=O)[O-])cc3)C(=O)[C@H]1S2. The van der Waals surface area contributed by atoms with Gasteiger partial charge in [0.15, 0.2) is 0 Å². The maximum atomic E-state index is 13.4. The molecule has 12 heteroatoms. The van der Waals surface area contributed by atoms with Crippen LogP contribution < -0.4 is 9.77 Å². The summed E-state index contributed by atoms with van der Waals surface area (Å²) in [4.78, 5) is 63.0. The molecule has 0 radical (unpaired) electrons. The molecule has 0 unspecified atom stereocenters. The molecule has 0 N–H and O–H groups in total. The number of thiazole rings is 1. The molecule has 2 atom stereocenters. The Morgan fingerprint density at radius 2 is 1.84 bits per heavy atom. The van der Waals surface area contributed by atoms with Gasteiger partial charge in [-0.15, -0.1) is 0 Å². The van der Waals surface area contributed by atoms with Crippen molar-refractivity contribution in [2.24, 2.45) is 5.92 Å². The fourth-order valence-electron chi connectivity index (χ4n) is 4.08. The highest BCUT2D eigenvalue weighted by Crippen LogP contribution is 2.54. The number of esters is 1. The molecule has 0 saturated carbocycles. The monoisotopic (exact) mass is 477 g/mol. The minimum absolute atomic E-state index is 0.148. The number of nitrogens with zero attached hydrogens (tertiary/aromatic N) is 3. The zero-order chi connectivity index (χ0) is 23.4. The smallest absolute Gasteiger partial charge is 0.326 e. The number of fused-ring (bicyclic) bond motifs is 2. The first-order valence-electron chi connectivity index (χ1n) is 9.76. The summed E-state index contributed by atoms with van der Waals surface area (Å²) in [5, 5.41) is 10.6. The first kappa shape index (κ1) is 22.2. The van der Waals surface area contributed by atoms with Crippen LogP contribution >= 0.6 is 23.1 Å². The van der Waals surface area contributed by atoms with Crippen molar-refractivity contribution in [2.75, 3.05) is 11.5 Å². The molecular formula is C20H19N3O7S2. The minimum atomic E-state index is -0.836. The van der Waals surface area contributed by atoms with Crippen LogP contribution in [0, 0.1) is 16.0 Å². The molecule has 0 aliphatic carbocycles. The number of benzene rings is 1. The first-order valence-corrected chi connectivity index (χ1v) is 11.5. The van der Waals surface area contributed by atoms with Gasteiger partial charge in [-0.3, -0.25) is 33.9 Å². The number of hydrogen-bond acceptors (Lipinski definition) is 9. The Morgan fingerprint density at radius 1 is 1.19 bits per heavy atom. The predicted octanol–water partition coefficient (Wildman–Crippen LogP) is 2.32. The molecule has 2 aromatic rings. The lowest BCUT2D eigenvalue weighted by molar-refractivity contribution is -0.384. The number of rotatable bonds is 5. The summed E-state index contributed by atoms with van der Waals surface area (Å²) < 4.78 is 6.26. The number of anilines is 1. The highest BCUT2D eigenvalue weighted by atomic mass is 32.2. The first-order chi connectivity index (χ1) is 15.1. The molecule has 10 nitrogen and oxygen atoms in total. The molecule has 1 aromatic carbocycles. The average molecular weight is 478 g/mol. The van der Waals surface area contributed by atoms with E-state index in [4.69, 9.17) is 4.74 Å². The third kappa shape index (κ3) is 3.34. The number of hydrogen-bond donors (Lipinski definition) is 0. The molecule has 4 rings (SSSR count). The minimum Gasteiger partial charge on any atom is -0.465 e. The third-order valence-corrected chi connectivity index (χ3v) is 8.44. The Kier molecular flexibility index (Phi) is 5.45. The highest BCUT2D eigenvalue weighted by molar-refractivity contribution is 8.00. The van der Waals surface area contributed by atoms with E-state index in [0.717, 1.165) is 28.0 Å². The molecule has 1 aromatic heterocycles. The van der Waals surface area contributed by atoms with Crippen molar-refractivity contribution in [2.45, 2.75) is 43.0 Å². The van der Waals surface area contributed by atoms with E-state index in [2.05, 4.69) is 0 Å². The molecule has 32 heavy (non-hydrogen) atoms. The quantitative estimate of drug-likeness (QED) is 0.278. The number of thioether (sulfide) groups is 1. The van der Waals surface area contributed by atoms with Crippen molar-refractivity contribution in [1.29, 1.82) is 0 Å². The topological polar surface area (TPSA) is 129 Å². The second kappa shape index (κ2) is 7.85. The molecule has 0 spiro atoms. The zero-order valence-electron chi connectivity index (χ0n) is 17.4. The van der Waals surface area contributed by atoms with Crippen LogP contribution in [0.2, 0.25) is 0 Å². The molecule has 168 valence electrons. The number of carbonyl (C=O) groups excluding carboxylic acids is 3. The molecule has 3 heterocycles. The summed E-state index contributed by atoms with van der Waals surface area (Å²) in [5.41, 5.74) is -0.731. The Labute approximate surface area is 190 Å². The van der Waals surface area contributed by atoms with Crippen molar-refractivity contribution in [3.8, 4) is 0 Å². The molecular weight excluding hydrogens is 458 g/mol. The maximum Gasteiger partial charge on any atom is 0.326 e. The van der Waals surface area contributed by atoms with Crippen LogP contribution in [0.5, 0.6) is 0 Å². The van der Waals surface area contributed by atoms with Crippen molar-refractivity contribution in [3.63, 3.8) is 0 Å². The summed E-state index contributed by atoms with van der Waals surface area (Å²) in [6.45, 7) is 5.19. The van der Waals surface area contributed by atoms with E-state index in [1.165, 1.54) is 28.8 Å². The summed E-state index contributed by atoms with van der Waals surface area (Å²) in [6.07, 6.45) is 0. The highest BCUT2D eigenvalue weighted by Gasteiger charge is 2.59. The number of amides is 2.